The van der Waals surface area contributed by atoms with Crippen LogP contribution in [-0.2, 0) is 13.0 Å². The van der Waals surface area contributed by atoms with Gasteiger partial charge < -0.3 is 19.2 Å². The molecule has 1 N–H and O–H groups in total. The van der Waals surface area contributed by atoms with Crippen LogP contribution in [0.2, 0.25) is 0 Å². The summed E-state index contributed by atoms with van der Waals surface area (Å²) in [6.07, 6.45) is 5.50. The molecule has 2 aromatic heterocycles. The van der Waals surface area contributed by atoms with Crippen molar-refractivity contribution in [2.75, 3.05) is 7.05 Å². The van der Waals surface area contributed by atoms with E-state index in [9.17, 15) is 9.59 Å². The van der Waals surface area contributed by atoms with Crippen molar-refractivity contribution in [1.29, 1.82) is 0 Å². The van der Waals surface area contributed by atoms with Gasteiger partial charge in [0.2, 0.25) is 0 Å². The molecule has 2 aliphatic rings. The maximum absolute atomic E-state index is 13.1. The number of fused-ring (bicyclic) bond motifs is 3. The molecule has 29 heavy (non-hydrogen) atoms. The summed E-state index contributed by atoms with van der Waals surface area (Å²) in [5.74, 6) is 0.580. The van der Waals surface area contributed by atoms with Gasteiger partial charge in [-0.2, -0.15) is 0 Å². The minimum Gasteiger partial charge on any atom is -0.472 e. The molecule has 2 bridgehead atoms. The molecule has 0 spiro atoms. The van der Waals surface area contributed by atoms with E-state index in [4.69, 9.17) is 9.40 Å². The van der Waals surface area contributed by atoms with Crippen molar-refractivity contribution in [3.63, 3.8) is 0 Å². The Kier molecular flexibility index (Phi) is 4.23. The monoisotopic (exact) mass is 390 g/mol. The highest BCUT2D eigenvalue weighted by Gasteiger charge is 2.42. The minimum atomic E-state index is -0.193. The molecule has 2 aliphatic heterocycles. The van der Waals surface area contributed by atoms with Gasteiger partial charge in [-0.3, -0.25) is 9.59 Å². The molecule has 7 heteroatoms. The maximum atomic E-state index is 13.1. The van der Waals surface area contributed by atoms with Crippen LogP contribution in [0.3, 0.4) is 0 Å². The quantitative estimate of drug-likeness (QED) is 0.746. The number of hydrogen-bond donors (Lipinski definition) is 1. The van der Waals surface area contributed by atoms with E-state index in [1.807, 2.05) is 35.2 Å². The van der Waals surface area contributed by atoms with Crippen LogP contribution in [0.4, 0.5) is 0 Å². The lowest BCUT2D eigenvalue weighted by Gasteiger charge is -2.27. The third-order valence-corrected chi connectivity index (χ3v) is 5.99. The highest BCUT2D eigenvalue weighted by molar-refractivity contribution is 5.95. The fraction of sp³-hybridized carbons (Fsp3) is 0.318. The van der Waals surface area contributed by atoms with Crippen LogP contribution < -0.4 is 5.32 Å². The molecule has 1 saturated heterocycles. The van der Waals surface area contributed by atoms with Crippen molar-refractivity contribution >= 4 is 11.8 Å². The number of amides is 2. The molecule has 0 saturated carbocycles. The molecule has 0 aliphatic carbocycles. The van der Waals surface area contributed by atoms with Gasteiger partial charge in [0.1, 0.15) is 17.8 Å². The lowest BCUT2D eigenvalue weighted by atomic mass is 10.1. The Hall–Kier alpha value is -3.35. The summed E-state index contributed by atoms with van der Waals surface area (Å²) in [5, 5.41) is 2.71. The molecule has 1 fully saturated rings. The van der Waals surface area contributed by atoms with Crippen molar-refractivity contribution in [3.05, 3.63) is 65.9 Å². The fourth-order valence-electron chi connectivity index (χ4n) is 4.64. The molecule has 4 heterocycles. The van der Waals surface area contributed by atoms with Gasteiger partial charge in [0.05, 0.1) is 23.6 Å². The predicted octanol–water partition coefficient (Wildman–Crippen LogP) is 2.73. The maximum Gasteiger partial charge on any atom is 0.271 e. The Morgan fingerprint density at radius 1 is 1.14 bits per heavy atom. The molecule has 7 nitrogen and oxygen atoms in total. The standard InChI is InChI=1S/C22H22N4O3/c1-23-21(27)19-18-11-16-7-8-17(26(16)22(28)15-9-10-29-13-15)12-25(18)20(24-19)14-5-3-2-4-6-14/h2-6,9-10,13,16-17H,7-8,11-12H2,1H3,(H,23,27)/t16-,17+/m0/s1. The number of furan rings is 1. The lowest BCUT2D eigenvalue weighted by Crippen LogP contribution is -2.42. The lowest BCUT2D eigenvalue weighted by molar-refractivity contribution is 0.0665. The van der Waals surface area contributed by atoms with E-state index >= 15 is 0 Å². The van der Waals surface area contributed by atoms with Crippen LogP contribution in [0.5, 0.6) is 0 Å². The third-order valence-electron chi connectivity index (χ3n) is 5.99. The zero-order valence-corrected chi connectivity index (χ0v) is 16.2. The highest BCUT2D eigenvalue weighted by atomic mass is 16.3. The molecule has 5 rings (SSSR count). The number of rotatable bonds is 3. The zero-order valence-electron chi connectivity index (χ0n) is 16.2. The number of carbonyl (C=O) groups is 2. The van der Waals surface area contributed by atoms with E-state index in [1.54, 1.807) is 13.1 Å². The number of nitrogens with zero attached hydrogens (tertiary/aromatic N) is 3. The Labute approximate surface area is 168 Å². The summed E-state index contributed by atoms with van der Waals surface area (Å²) in [4.78, 5) is 32.4. The summed E-state index contributed by atoms with van der Waals surface area (Å²) in [6.45, 7) is 0.629. The second-order valence-electron chi connectivity index (χ2n) is 7.60. The topological polar surface area (TPSA) is 80.4 Å². The van der Waals surface area contributed by atoms with E-state index in [-0.39, 0.29) is 23.9 Å². The first-order chi connectivity index (χ1) is 14.2. The van der Waals surface area contributed by atoms with Gasteiger partial charge >= 0.3 is 0 Å². The molecular formula is C22H22N4O3. The molecule has 3 aromatic rings. The molecule has 2 atom stereocenters. The van der Waals surface area contributed by atoms with Crippen molar-refractivity contribution in [3.8, 4) is 11.4 Å². The molecule has 148 valence electrons. The number of benzene rings is 1. The third kappa shape index (κ3) is 2.85. The minimum absolute atomic E-state index is 0.00674. The second-order valence-corrected chi connectivity index (χ2v) is 7.60. The average molecular weight is 390 g/mol. The summed E-state index contributed by atoms with van der Waals surface area (Å²) >= 11 is 0. The van der Waals surface area contributed by atoms with Crippen molar-refractivity contribution < 1.29 is 14.0 Å². The molecule has 0 unspecified atom stereocenters. The number of aromatic nitrogens is 2. The predicted molar refractivity (Wildman–Crippen MR) is 106 cm³/mol. The Bertz CT molecular complexity index is 1060. The Balaban J connectivity index is 1.60. The molecular weight excluding hydrogens is 368 g/mol. The molecule has 2 amide bonds. The normalized spacial score (nSPS) is 20.2. The van der Waals surface area contributed by atoms with Crippen LogP contribution in [0.1, 0.15) is 39.4 Å². The van der Waals surface area contributed by atoms with Crippen LogP contribution >= 0.6 is 0 Å². The van der Waals surface area contributed by atoms with Crippen LogP contribution in [0, 0.1) is 0 Å². The smallest absolute Gasteiger partial charge is 0.271 e. The van der Waals surface area contributed by atoms with Gasteiger partial charge in [-0.1, -0.05) is 30.3 Å². The highest BCUT2D eigenvalue weighted by Crippen LogP contribution is 2.36. The van der Waals surface area contributed by atoms with Crippen molar-refractivity contribution in [2.24, 2.45) is 0 Å². The van der Waals surface area contributed by atoms with Crippen LogP contribution in [0.25, 0.3) is 11.4 Å². The van der Waals surface area contributed by atoms with Crippen LogP contribution in [0.15, 0.2) is 53.3 Å². The first-order valence-corrected chi connectivity index (χ1v) is 9.89. The number of nitrogens with one attached hydrogen (secondary N) is 1. The number of imidazole rings is 1. The number of hydrogen-bond acceptors (Lipinski definition) is 4. The van der Waals surface area contributed by atoms with E-state index in [2.05, 4.69) is 9.88 Å². The largest absolute Gasteiger partial charge is 0.472 e. The average Bonchev–Trinajstić information content (AvgIpc) is 3.46. The van der Waals surface area contributed by atoms with Crippen LogP contribution in [-0.4, -0.2) is 45.4 Å². The summed E-state index contributed by atoms with van der Waals surface area (Å²) < 4.78 is 7.26. The summed E-state index contributed by atoms with van der Waals surface area (Å²) in [6, 6.07) is 11.7. The van der Waals surface area contributed by atoms with Gasteiger partial charge in [-0.25, -0.2) is 4.98 Å². The van der Waals surface area contributed by atoms with E-state index in [1.165, 1.54) is 12.5 Å². The second kappa shape index (κ2) is 6.92. The first-order valence-electron chi connectivity index (χ1n) is 9.89. The van der Waals surface area contributed by atoms with Gasteiger partial charge in [0, 0.05) is 31.6 Å². The summed E-state index contributed by atoms with van der Waals surface area (Å²) in [7, 11) is 1.62. The van der Waals surface area contributed by atoms with Gasteiger partial charge in [0.25, 0.3) is 11.8 Å². The Morgan fingerprint density at radius 2 is 1.93 bits per heavy atom. The van der Waals surface area contributed by atoms with E-state index in [0.717, 1.165) is 29.9 Å². The van der Waals surface area contributed by atoms with Crippen molar-refractivity contribution in [2.45, 2.75) is 37.9 Å². The SMILES string of the molecule is CNC(=O)c1nc(-c2ccccc2)n2c1C[C@@H]1CC[C@H](C2)N1C(=O)c1ccoc1. The Morgan fingerprint density at radius 3 is 2.66 bits per heavy atom. The number of carbonyl (C=O) groups excluding carboxylic acids is 2. The summed E-state index contributed by atoms with van der Waals surface area (Å²) in [5.41, 5.74) is 2.89. The first kappa shape index (κ1) is 17.7. The van der Waals surface area contributed by atoms with Gasteiger partial charge in [0.15, 0.2) is 0 Å². The molecule has 1 aromatic carbocycles. The van der Waals surface area contributed by atoms with Gasteiger partial charge in [-0.15, -0.1) is 0 Å². The zero-order chi connectivity index (χ0) is 20.0. The van der Waals surface area contributed by atoms with E-state index in [0.29, 0.717) is 24.2 Å². The van der Waals surface area contributed by atoms with Crippen molar-refractivity contribution in [1.82, 2.24) is 19.8 Å². The van der Waals surface area contributed by atoms with Gasteiger partial charge in [-0.05, 0) is 18.9 Å². The van der Waals surface area contributed by atoms with E-state index < -0.39 is 0 Å². The fourth-order valence-corrected chi connectivity index (χ4v) is 4.64. The molecule has 0 radical (unpaired) electrons.